The van der Waals surface area contributed by atoms with Crippen LogP contribution in [0.2, 0.25) is 5.02 Å². The molecule has 3 nitrogen and oxygen atoms in total. The molecular formula is C12H14ClF3O3. The van der Waals surface area contributed by atoms with Gasteiger partial charge in [0.1, 0.15) is 11.5 Å². The predicted octanol–water partition coefficient (Wildman–Crippen LogP) is 3.52. The molecule has 1 aromatic carbocycles. The smallest absolute Gasteiger partial charge is 0.421 e. The molecule has 0 saturated carbocycles. The molecule has 0 aliphatic rings. The van der Waals surface area contributed by atoms with Gasteiger partial charge >= 0.3 is 6.18 Å². The van der Waals surface area contributed by atoms with E-state index in [4.69, 9.17) is 21.1 Å². The highest BCUT2D eigenvalue weighted by atomic mass is 35.5. The number of halogens is 4. The summed E-state index contributed by atoms with van der Waals surface area (Å²) in [5, 5.41) is 10.0. The van der Waals surface area contributed by atoms with Gasteiger partial charge in [0, 0.05) is 11.6 Å². The lowest BCUT2D eigenvalue weighted by molar-refractivity contribution is -0.268. The van der Waals surface area contributed by atoms with E-state index in [-0.39, 0.29) is 16.5 Å². The maximum atomic E-state index is 13.1. The van der Waals surface area contributed by atoms with Crippen LogP contribution in [-0.4, -0.2) is 25.5 Å². The molecule has 0 aromatic heterocycles. The van der Waals surface area contributed by atoms with Gasteiger partial charge in [0.2, 0.25) is 0 Å². The monoisotopic (exact) mass is 298 g/mol. The van der Waals surface area contributed by atoms with Crippen LogP contribution in [-0.2, 0) is 5.60 Å². The summed E-state index contributed by atoms with van der Waals surface area (Å²) in [4.78, 5) is 0. The minimum absolute atomic E-state index is 0.0357. The largest absolute Gasteiger partial charge is 0.496 e. The molecule has 1 N–H and O–H groups in total. The second-order valence-electron chi connectivity index (χ2n) is 3.90. The lowest BCUT2D eigenvalue weighted by Gasteiger charge is -2.31. The maximum Gasteiger partial charge on any atom is 0.421 e. The van der Waals surface area contributed by atoms with Gasteiger partial charge in [-0.1, -0.05) is 18.5 Å². The van der Waals surface area contributed by atoms with Gasteiger partial charge in [-0.15, -0.1) is 0 Å². The van der Waals surface area contributed by atoms with Crippen LogP contribution in [0.25, 0.3) is 0 Å². The van der Waals surface area contributed by atoms with Crippen molar-refractivity contribution in [3.63, 3.8) is 0 Å². The quantitative estimate of drug-likeness (QED) is 0.924. The van der Waals surface area contributed by atoms with Crippen molar-refractivity contribution in [3.05, 3.63) is 22.7 Å². The van der Waals surface area contributed by atoms with Crippen molar-refractivity contribution in [1.82, 2.24) is 0 Å². The molecular weight excluding hydrogens is 285 g/mol. The first kappa shape index (κ1) is 15.9. The first-order valence-corrected chi connectivity index (χ1v) is 5.80. The second kappa shape index (κ2) is 5.46. The van der Waals surface area contributed by atoms with Gasteiger partial charge in [-0.05, 0) is 12.5 Å². The SMILES string of the molecule is CCC(O)(c1cc(OC)c(Cl)cc1OC)C(F)(F)F. The molecule has 108 valence electrons. The summed E-state index contributed by atoms with van der Waals surface area (Å²) in [5.41, 5.74) is -3.44. The van der Waals surface area contributed by atoms with E-state index in [0.29, 0.717) is 0 Å². The molecule has 1 unspecified atom stereocenters. The lowest BCUT2D eigenvalue weighted by Crippen LogP contribution is -2.42. The summed E-state index contributed by atoms with van der Waals surface area (Å²) < 4.78 is 48.9. The van der Waals surface area contributed by atoms with E-state index in [0.717, 1.165) is 6.07 Å². The number of aliphatic hydroxyl groups is 1. The van der Waals surface area contributed by atoms with Crippen LogP contribution in [0.15, 0.2) is 12.1 Å². The van der Waals surface area contributed by atoms with E-state index >= 15 is 0 Å². The average molecular weight is 299 g/mol. The molecule has 1 atom stereocenters. The molecule has 7 heteroatoms. The molecule has 0 bridgehead atoms. The van der Waals surface area contributed by atoms with Gasteiger partial charge in [-0.2, -0.15) is 13.2 Å². The number of hydrogen-bond acceptors (Lipinski definition) is 3. The molecule has 0 aliphatic carbocycles. The third-order valence-corrected chi connectivity index (χ3v) is 3.20. The summed E-state index contributed by atoms with van der Waals surface area (Å²) in [5.74, 6) is -0.110. The summed E-state index contributed by atoms with van der Waals surface area (Å²) in [7, 11) is 2.48. The number of rotatable bonds is 4. The van der Waals surface area contributed by atoms with Crippen molar-refractivity contribution in [2.75, 3.05) is 14.2 Å². The predicted molar refractivity (Wildman–Crippen MR) is 64.8 cm³/mol. The Hall–Kier alpha value is -1.14. The second-order valence-corrected chi connectivity index (χ2v) is 4.31. The van der Waals surface area contributed by atoms with Crippen molar-refractivity contribution in [1.29, 1.82) is 0 Å². The number of alkyl halides is 3. The molecule has 0 aliphatic heterocycles. The highest BCUT2D eigenvalue weighted by Crippen LogP contribution is 2.47. The Morgan fingerprint density at radius 1 is 1.16 bits per heavy atom. The summed E-state index contributed by atoms with van der Waals surface area (Å²) in [6.45, 7) is 1.23. The molecule has 1 rings (SSSR count). The van der Waals surface area contributed by atoms with Crippen LogP contribution in [0.1, 0.15) is 18.9 Å². The lowest BCUT2D eigenvalue weighted by atomic mass is 9.89. The number of ether oxygens (including phenoxy) is 2. The first-order chi connectivity index (χ1) is 8.71. The van der Waals surface area contributed by atoms with Crippen molar-refractivity contribution >= 4 is 11.6 Å². The summed E-state index contributed by atoms with van der Waals surface area (Å²) in [6, 6.07) is 2.22. The van der Waals surface area contributed by atoms with Gasteiger partial charge in [0.25, 0.3) is 0 Å². The molecule has 0 heterocycles. The zero-order chi connectivity index (χ0) is 14.8. The fraction of sp³-hybridized carbons (Fsp3) is 0.500. The molecule has 0 fully saturated rings. The Morgan fingerprint density at radius 3 is 2.05 bits per heavy atom. The van der Waals surface area contributed by atoms with E-state index < -0.39 is 23.8 Å². The highest BCUT2D eigenvalue weighted by Gasteiger charge is 2.55. The van der Waals surface area contributed by atoms with E-state index in [1.54, 1.807) is 0 Å². The Bertz CT molecular complexity index is 462. The van der Waals surface area contributed by atoms with Crippen LogP contribution in [0, 0.1) is 0 Å². The fourth-order valence-corrected chi connectivity index (χ4v) is 1.96. The van der Waals surface area contributed by atoms with E-state index in [2.05, 4.69) is 0 Å². The van der Waals surface area contributed by atoms with Crippen molar-refractivity contribution < 1.29 is 27.8 Å². The normalized spacial score (nSPS) is 14.9. The van der Waals surface area contributed by atoms with E-state index in [9.17, 15) is 18.3 Å². The van der Waals surface area contributed by atoms with Crippen LogP contribution in [0.5, 0.6) is 11.5 Å². The Balaban J connectivity index is 3.55. The standard InChI is InChI=1S/C12H14ClF3O3/c1-4-11(17,12(14,15)16)7-5-10(19-3)8(13)6-9(7)18-2/h5-6,17H,4H2,1-3H3. The zero-order valence-electron chi connectivity index (χ0n) is 10.6. The minimum Gasteiger partial charge on any atom is -0.496 e. The Labute approximate surface area is 113 Å². The van der Waals surface area contributed by atoms with Gasteiger partial charge < -0.3 is 14.6 Å². The number of hydrogen-bond donors (Lipinski definition) is 1. The molecule has 0 spiro atoms. The van der Waals surface area contributed by atoms with Crippen molar-refractivity contribution in [2.45, 2.75) is 25.1 Å². The fourth-order valence-electron chi connectivity index (χ4n) is 1.73. The molecule has 1 aromatic rings. The van der Waals surface area contributed by atoms with Gasteiger partial charge in [0.15, 0.2) is 5.60 Å². The summed E-state index contributed by atoms with van der Waals surface area (Å²) in [6.07, 6.45) is -5.40. The van der Waals surface area contributed by atoms with Crippen LogP contribution < -0.4 is 9.47 Å². The maximum absolute atomic E-state index is 13.1. The third kappa shape index (κ3) is 2.74. The minimum atomic E-state index is -4.84. The van der Waals surface area contributed by atoms with E-state index in [1.807, 2.05) is 0 Å². The van der Waals surface area contributed by atoms with Gasteiger partial charge in [-0.3, -0.25) is 0 Å². The topological polar surface area (TPSA) is 38.7 Å². The first-order valence-electron chi connectivity index (χ1n) is 5.42. The highest BCUT2D eigenvalue weighted by molar-refractivity contribution is 6.32. The van der Waals surface area contributed by atoms with Crippen molar-refractivity contribution in [3.8, 4) is 11.5 Å². The molecule has 19 heavy (non-hydrogen) atoms. The molecule has 0 amide bonds. The number of methoxy groups -OCH3 is 2. The Morgan fingerprint density at radius 2 is 1.68 bits per heavy atom. The zero-order valence-corrected chi connectivity index (χ0v) is 11.4. The van der Waals surface area contributed by atoms with Crippen LogP contribution in [0.3, 0.4) is 0 Å². The van der Waals surface area contributed by atoms with Gasteiger partial charge in [-0.25, -0.2) is 0 Å². The van der Waals surface area contributed by atoms with E-state index in [1.165, 1.54) is 27.2 Å². The van der Waals surface area contributed by atoms with Crippen molar-refractivity contribution in [2.24, 2.45) is 0 Å². The molecule has 0 radical (unpaired) electrons. The van der Waals surface area contributed by atoms with Crippen LogP contribution >= 0.6 is 11.6 Å². The average Bonchev–Trinajstić information content (AvgIpc) is 2.35. The third-order valence-electron chi connectivity index (χ3n) is 2.90. The van der Waals surface area contributed by atoms with Crippen LogP contribution in [0.4, 0.5) is 13.2 Å². The Kier molecular flexibility index (Phi) is 4.58. The summed E-state index contributed by atoms with van der Waals surface area (Å²) >= 11 is 5.82. The van der Waals surface area contributed by atoms with Gasteiger partial charge in [0.05, 0.1) is 19.2 Å². The number of benzene rings is 1. The molecule has 0 saturated heterocycles.